The molecule has 114 valence electrons. The Kier molecular flexibility index (Phi) is 4.75. The number of nitriles is 2. The second-order valence-corrected chi connectivity index (χ2v) is 5.53. The van der Waals surface area contributed by atoms with E-state index in [1.165, 1.54) is 31.4 Å². The van der Waals surface area contributed by atoms with Gasteiger partial charge in [0, 0.05) is 5.56 Å². The first kappa shape index (κ1) is 16.2. The molecule has 0 spiro atoms. The Morgan fingerprint density at radius 2 is 1.74 bits per heavy atom. The van der Waals surface area contributed by atoms with E-state index in [4.69, 9.17) is 10.5 Å². The number of nitrogens with zero attached hydrogens (tertiary/aromatic N) is 2. The number of ether oxygens (including phenoxy) is 1. The Morgan fingerprint density at radius 1 is 1.13 bits per heavy atom. The van der Waals surface area contributed by atoms with E-state index in [0.29, 0.717) is 26.6 Å². The number of carbonyl (C=O) groups excluding carboxylic acids is 2. The zero-order chi connectivity index (χ0) is 17.0. The summed E-state index contributed by atoms with van der Waals surface area (Å²) < 4.78 is 4.59. The number of benzene rings is 1. The number of hydrogen-bond acceptors (Lipinski definition) is 6. The minimum atomic E-state index is -0.490. The van der Waals surface area contributed by atoms with Crippen LogP contribution in [0.3, 0.4) is 0 Å². The van der Waals surface area contributed by atoms with Crippen LogP contribution < -0.4 is 5.32 Å². The van der Waals surface area contributed by atoms with Gasteiger partial charge in [-0.3, -0.25) is 4.79 Å². The first-order valence-electron chi connectivity index (χ1n) is 6.45. The van der Waals surface area contributed by atoms with Crippen LogP contribution in [-0.2, 0) is 4.74 Å². The third kappa shape index (κ3) is 3.20. The Balaban J connectivity index is 2.25. The van der Waals surface area contributed by atoms with E-state index in [1.807, 2.05) is 12.1 Å². The molecule has 0 aliphatic carbocycles. The normalized spacial score (nSPS) is 9.57. The molecule has 0 saturated carbocycles. The van der Waals surface area contributed by atoms with Crippen molar-refractivity contribution in [2.24, 2.45) is 0 Å². The van der Waals surface area contributed by atoms with Crippen LogP contribution >= 0.6 is 11.3 Å². The monoisotopic (exact) mass is 325 g/mol. The Bertz CT molecular complexity index is 854. The van der Waals surface area contributed by atoms with Crippen LogP contribution in [0.1, 0.15) is 36.7 Å². The number of rotatable bonds is 3. The van der Waals surface area contributed by atoms with Crippen LogP contribution in [0, 0.1) is 29.6 Å². The van der Waals surface area contributed by atoms with Crippen molar-refractivity contribution in [2.45, 2.75) is 6.92 Å². The molecule has 23 heavy (non-hydrogen) atoms. The van der Waals surface area contributed by atoms with Gasteiger partial charge in [0.15, 0.2) is 0 Å². The molecule has 0 atom stereocenters. The predicted molar refractivity (Wildman–Crippen MR) is 84.2 cm³/mol. The minimum absolute atomic E-state index is 0.283. The van der Waals surface area contributed by atoms with E-state index >= 15 is 0 Å². The van der Waals surface area contributed by atoms with E-state index in [9.17, 15) is 9.59 Å². The molecule has 0 radical (unpaired) electrons. The van der Waals surface area contributed by atoms with Gasteiger partial charge in [0.2, 0.25) is 0 Å². The molecule has 0 bridgehead atoms. The average Bonchev–Trinajstić information content (AvgIpc) is 2.88. The van der Waals surface area contributed by atoms with Gasteiger partial charge in [-0.2, -0.15) is 10.5 Å². The Hall–Kier alpha value is -3.16. The van der Waals surface area contributed by atoms with Gasteiger partial charge in [0.1, 0.15) is 22.0 Å². The fourth-order valence-electron chi connectivity index (χ4n) is 1.89. The summed E-state index contributed by atoms with van der Waals surface area (Å²) in [5.74, 6) is -0.917. The number of carbonyl (C=O) groups is 2. The van der Waals surface area contributed by atoms with Crippen LogP contribution in [0.5, 0.6) is 0 Å². The molecule has 2 rings (SSSR count). The molecule has 1 N–H and O–H groups in total. The summed E-state index contributed by atoms with van der Waals surface area (Å²) in [5.41, 5.74) is 1.49. The van der Waals surface area contributed by atoms with Crippen LogP contribution in [0.15, 0.2) is 24.3 Å². The zero-order valence-corrected chi connectivity index (χ0v) is 13.2. The van der Waals surface area contributed by atoms with E-state index in [2.05, 4.69) is 10.1 Å². The van der Waals surface area contributed by atoms with E-state index in [1.54, 1.807) is 6.92 Å². The Labute approximate surface area is 136 Å². The fraction of sp³-hybridized carbons (Fsp3) is 0.125. The number of thiophene rings is 1. The molecule has 0 aliphatic heterocycles. The van der Waals surface area contributed by atoms with Crippen molar-refractivity contribution in [3.05, 3.63) is 51.4 Å². The van der Waals surface area contributed by atoms with E-state index < -0.39 is 11.9 Å². The zero-order valence-electron chi connectivity index (χ0n) is 12.3. The largest absolute Gasteiger partial charge is 0.465 e. The van der Waals surface area contributed by atoms with Crippen LogP contribution in [0.2, 0.25) is 0 Å². The van der Waals surface area contributed by atoms with Gasteiger partial charge in [-0.15, -0.1) is 11.3 Å². The molecule has 0 unspecified atom stereocenters. The van der Waals surface area contributed by atoms with Crippen molar-refractivity contribution in [1.29, 1.82) is 10.5 Å². The van der Waals surface area contributed by atoms with Gasteiger partial charge in [-0.1, -0.05) is 0 Å². The summed E-state index contributed by atoms with van der Waals surface area (Å²) in [6.07, 6.45) is 0. The van der Waals surface area contributed by atoms with Crippen LogP contribution in [0.4, 0.5) is 5.00 Å². The van der Waals surface area contributed by atoms with Gasteiger partial charge in [0.25, 0.3) is 5.91 Å². The highest BCUT2D eigenvalue weighted by Gasteiger charge is 2.17. The standard InChI is InChI=1S/C16H11N3O3S/c1-9-12(7-17)15(23-13(9)8-18)19-14(20)10-3-5-11(6-4-10)16(21)22-2/h3-6H,1-2H3,(H,19,20). The van der Waals surface area contributed by atoms with Crippen molar-refractivity contribution in [1.82, 2.24) is 0 Å². The van der Waals surface area contributed by atoms with Gasteiger partial charge < -0.3 is 10.1 Å². The van der Waals surface area contributed by atoms with Crippen LogP contribution in [-0.4, -0.2) is 19.0 Å². The summed E-state index contributed by atoms with van der Waals surface area (Å²) >= 11 is 1.06. The highest BCUT2D eigenvalue weighted by molar-refractivity contribution is 7.17. The molecule has 1 aromatic heterocycles. The molecule has 6 nitrogen and oxygen atoms in total. The molecule has 1 aromatic carbocycles. The maximum Gasteiger partial charge on any atom is 0.337 e. The predicted octanol–water partition coefficient (Wildman–Crippen LogP) is 2.84. The van der Waals surface area contributed by atoms with Gasteiger partial charge >= 0.3 is 5.97 Å². The number of esters is 1. The maximum absolute atomic E-state index is 12.2. The maximum atomic E-state index is 12.2. The van der Waals surface area contributed by atoms with Gasteiger partial charge in [-0.25, -0.2) is 4.79 Å². The highest BCUT2D eigenvalue weighted by atomic mass is 32.1. The number of anilines is 1. The molecular formula is C16H11N3O3S. The summed E-state index contributed by atoms with van der Waals surface area (Å²) in [6, 6.07) is 9.91. The molecule has 1 amide bonds. The smallest absolute Gasteiger partial charge is 0.337 e. The molecule has 0 saturated heterocycles. The van der Waals surface area contributed by atoms with Gasteiger partial charge in [-0.05, 0) is 36.8 Å². The number of amides is 1. The highest BCUT2D eigenvalue weighted by Crippen LogP contribution is 2.32. The van der Waals surface area contributed by atoms with Gasteiger partial charge in [0.05, 0.1) is 18.2 Å². The van der Waals surface area contributed by atoms with E-state index in [-0.39, 0.29) is 5.56 Å². The number of methoxy groups -OCH3 is 1. The van der Waals surface area contributed by atoms with E-state index in [0.717, 1.165) is 11.3 Å². The molecular weight excluding hydrogens is 314 g/mol. The van der Waals surface area contributed by atoms with Crippen LogP contribution in [0.25, 0.3) is 0 Å². The first-order chi connectivity index (χ1) is 11.0. The molecule has 2 aromatic rings. The van der Waals surface area contributed by atoms with Crippen molar-refractivity contribution in [3.63, 3.8) is 0 Å². The lowest BCUT2D eigenvalue weighted by Crippen LogP contribution is -2.12. The third-order valence-corrected chi connectivity index (χ3v) is 4.27. The second-order valence-electron chi connectivity index (χ2n) is 4.51. The van der Waals surface area contributed by atoms with Crippen molar-refractivity contribution in [2.75, 3.05) is 12.4 Å². The fourth-order valence-corrected chi connectivity index (χ4v) is 2.84. The number of hydrogen-bond donors (Lipinski definition) is 1. The first-order valence-corrected chi connectivity index (χ1v) is 7.26. The lowest BCUT2D eigenvalue weighted by molar-refractivity contribution is 0.0600. The molecule has 0 aliphatic rings. The summed E-state index contributed by atoms with van der Waals surface area (Å²) in [5, 5.41) is 21.1. The lowest BCUT2D eigenvalue weighted by atomic mass is 10.1. The SMILES string of the molecule is COC(=O)c1ccc(C(=O)Nc2sc(C#N)c(C)c2C#N)cc1. The third-order valence-electron chi connectivity index (χ3n) is 3.16. The summed E-state index contributed by atoms with van der Waals surface area (Å²) in [4.78, 5) is 24.0. The minimum Gasteiger partial charge on any atom is -0.465 e. The quantitative estimate of drug-likeness (QED) is 0.874. The number of nitrogens with one attached hydrogen (secondary N) is 1. The second kappa shape index (κ2) is 6.73. The molecule has 1 heterocycles. The topological polar surface area (TPSA) is 103 Å². The molecule has 0 fully saturated rings. The van der Waals surface area contributed by atoms with Crippen molar-refractivity contribution < 1.29 is 14.3 Å². The Morgan fingerprint density at radius 3 is 2.26 bits per heavy atom. The lowest BCUT2D eigenvalue weighted by Gasteiger charge is -2.04. The summed E-state index contributed by atoms with van der Waals surface area (Å²) in [6.45, 7) is 1.66. The van der Waals surface area contributed by atoms with Crippen molar-refractivity contribution in [3.8, 4) is 12.1 Å². The molecule has 7 heteroatoms. The average molecular weight is 325 g/mol. The van der Waals surface area contributed by atoms with Crippen molar-refractivity contribution >= 4 is 28.2 Å². The summed E-state index contributed by atoms with van der Waals surface area (Å²) in [7, 11) is 1.28.